The minimum atomic E-state index is -0.849. The Morgan fingerprint density at radius 1 is 1.00 bits per heavy atom. The molecule has 2 aromatic carbocycles. The number of halogens is 1. The highest BCUT2D eigenvalue weighted by Crippen LogP contribution is 2.37. The second-order valence-corrected chi connectivity index (χ2v) is 8.38. The molecule has 1 aliphatic heterocycles. The third-order valence-electron chi connectivity index (χ3n) is 6.16. The fourth-order valence-electron chi connectivity index (χ4n) is 3.97. The van der Waals surface area contributed by atoms with Gasteiger partial charge in [0.2, 0.25) is 0 Å². The summed E-state index contributed by atoms with van der Waals surface area (Å²) in [4.78, 5) is 2.40. The molecule has 2 aromatic rings. The monoisotopic (exact) mass is 433 g/mol. The van der Waals surface area contributed by atoms with Crippen LogP contribution in [0.5, 0.6) is 11.5 Å². The number of hydrogen-bond acceptors (Lipinski definition) is 5. The SMILES string of the molecule is COCCOc1ccc(CN2CCC(O)(c3ccc(Cl)c(OC)c3)CC2)c(C)c1C. The number of piperidine rings is 1. The number of aliphatic hydroxyl groups is 1. The van der Waals surface area contributed by atoms with E-state index in [9.17, 15) is 5.11 Å². The summed E-state index contributed by atoms with van der Waals surface area (Å²) in [5.41, 5.74) is 3.75. The summed E-state index contributed by atoms with van der Waals surface area (Å²) in [7, 11) is 3.27. The molecule has 1 N–H and O–H groups in total. The maximum absolute atomic E-state index is 11.2. The first-order valence-electron chi connectivity index (χ1n) is 10.4. The average Bonchev–Trinajstić information content (AvgIpc) is 2.75. The van der Waals surface area contributed by atoms with Crippen molar-refractivity contribution in [3.63, 3.8) is 0 Å². The zero-order valence-corrected chi connectivity index (χ0v) is 19.1. The zero-order chi connectivity index (χ0) is 21.7. The maximum Gasteiger partial charge on any atom is 0.137 e. The molecule has 0 radical (unpaired) electrons. The molecule has 1 saturated heterocycles. The maximum atomic E-state index is 11.2. The Morgan fingerprint density at radius 2 is 1.73 bits per heavy atom. The quantitative estimate of drug-likeness (QED) is 0.622. The lowest BCUT2D eigenvalue weighted by Gasteiger charge is -2.39. The molecule has 0 bridgehead atoms. The number of nitrogens with zero attached hydrogens (tertiary/aromatic N) is 1. The number of likely N-dealkylation sites (tertiary alicyclic amines) is 1. The van der Waals surface area contributed by atoms with Crippen LogP contribution in [0.3, 0.4) is 0 Å². The van der Waals surface area contributed by atoms with Gasteiger partial charge in [-0.25, -0.2) is 0 Å². The summed E-state index contributed by atoms with van der Waals surface area (Å²) in [6, 6.07) is 9.75. The van der Waals surface area contributed by atoms with Gasteiger partial charge in [0.05, 0.1) is 24.3 Å². The van der Waals surface area contributed by atoms with E-state index >= 15 is 0 Å². The van der Waals surface area contributed by atoms with Crippen LogP contribution in [0.1, 0.15) is 35.1 Å². The summed E-state index contributed by atoms with van der Waals surface area (Å²) >= 11 is 6.14. The normalized spacial score (nSPS) is 16.5. The Morgan fingerprint density at radius 3 is 2.40 bits per heavy atom. The number of ether oxygens (including phenoxy) is 3. The van der Waals surface area contributed by atoms with E-state index < -0.39 is 5.60 Å². The summed E-state index contributed by atoms with van der Waals surface area (Å²) < 4.78 is 16.2. The molecule has 0 spiro atoms. The molecule has 1 fully saturated rings. The minimum absolute atomic E-state index is 0.552. The molecule has 0 atom stereocenters. The molecule has 6 heteroatoms. The molecule has 30 heavy (non-hydrogen) atoms. The molecule has 0 amide bonds. The first-order chi connectivity index (χ1) is 14.4. The lowest BCUT2D eigenvalue weighted by atomic mass is 9.84. The van der Waals surface area contributed by atoms with Gasteiger partial charge >= 0.3 is 0 Å². The van der Waals surface area contributed by atoms with E-state index in [4.69, 9.17) is 25.8 Å². The molecule has 3 rings (SSSR count). The third kappa shape index (κ3) is 5.09. The van der Waals surface area contributed by atoms with E-state index in [1.807, 2.05) is 18.2 Å². The van der Waals surface area contributed by atoms with Gasteiger partial charge in [0, 0.05) is 26.7 Å². The summed E-state index contributed by atoms with van der Waals surface area (Å²) in [6.45, 7) is 7.90. The first-order valence-corrected chi connectivity index (χ1v) is 10.8. The van der Waals surface area contributed by atoms with Crippen LogP contribution in [0.15, 0.2) is 30.3 Å². The molecule has 1 aliphatic rings. The van der Waals surface area contributed by atoms with E-state index in [1.165, 1.54) is 16.7 Å². The van der Waals surface area contributed by atoms with E-state index in [2.05, 4.69) is 24.8 Å². The fraction of sp³-hybridized carbons (Fsp3) is 0.500. The number of benzene rings is 2. The Bertz CT molecular complexity index is 863. The van der Waals surface area contributed by atoms with Gasteiger partial charge in [-0.1, -0.05) is 23.7 Å². The summed E-state index contributed by atoms with van der Waals surface area (Å²) in [5.74, 6) is 1.52. The topological polar surface area (TPSA) is 51.2 Å². The van der Waals surface area contributed by atoms with Crippen molar-refractivity contribution < 1.29 is 19.3 Å². The third-order valence-corrected chi connectivity index (χ3v) is 6.47. The van der Waals surface area contributed by atoms with Crippen molar-refractivity contribution >= 4 is 11.6 Å². The first kappa shape index (κ1) is 22.9. The van der Waals surface area contributed by atoms with Crippen molar-refractivity contribution in [3.8, 4) is 11.5 Å². The van der Waals surface area contributed by atoms with Crippen molar-refractivity contribution in [2.45, 2.75) is 38.8 Å². The molecular weight excluding hydrogens is 402 g/mol. The van der Waals surface area contributed by atoms with Crippen molar-refractivity contribution in [1.29, 1.82) is 0 Å². The Balaban J connectivity index is 1.64. The van der Waals surface area contributed by atoms with Gasteiger partial charge in [0.15, 0.2) is 0 Å². The lowest BCUT2D eigenvalue weighted by molar-refractivity contribution is -0.0278. The largest absolute Gasteiger partial charge is 0.495 e. The van der Waals surface area contributed by atoms with E-state index in [0.717, 1.165) is 30.9 Å². The van der Waals surface area contributed by atoms with Gasteiger partial charge in [-0.15, -0.1) is 0 Å². The van der Waals surface area contributed by atoms with Crippen LogP contribution < -0.4 is 9.47 Å². The van der Waals surface area contributed by atoms with E-state index in [-0.39, 0.29) is 0 Å². The minimum Gasteiger partial charge on any atom is -0.495 e. The fourth-order valence-corrected chi connectivity index (χ4v) is 4.17. The van der Waals surface area contributed by atoms with Crippen molar-refractivity contribution in [2.24, 2.45) is 0 Å². The van der Waals surface area contributed by atoms with Crippen LogP contribution >= 0.6 is 11.6 Å². The smallest absolute Gasteiger partial charge is 0.137 e. The van der Waals surface area contributed by atoms with Gasteiger partial charge in [-0.3, -0.25) is 4.90 Å². The summed E-state index contributed by atoms with van der Waals surface area (Å²) in [6.07, 6.45) is 1.35. The standard InChI is InChI=1S/C24H32ClNO4/c1-17-18(2)22(30-14-13-28-3)8-5-19(17)16-26-11-9-24(27,10-12-26)20-6-7-21(25)23(15-20)29-4/h5-8,15,27H,9-14,16H2,1-4H3. The molecule has 0 saturated carbocycles. The highest BCUT2D eigenvalue weighted by molar-refractivity contribution is 6.32. The molecule has 0 unspecified atom stereocenters. The van der Waals surface area contributed by atoms with Gasteiger partial charge in [-0.05, 0) is 67.1 Å². The molecule has 0 aromatic heterocycles. The Kier molecular flexibility index (Phi) is 7.64. The molecule has 164 valence electrons. The predicted molar refractivity (Wildman–Crippen MR) is 120 cm³/mol. The second kappa shape index (κ2) is 10.0. The van der Waals surface area contributed by atoms with Gasteiger partial charge < -0.3 is 19.3 Å². The average molecular weight is 434 g/mol. The van der Waals surface area contributed by atoms with Crippen molar-refractivity contribution in [3.05, 3.63) is 57.6 Å². The number of rotatable bonds is 8. The van der Waals surface area contributed by atoms with Gasteiger partial charge in [-0.2, -0.15) is 0 Å². The van der Waals surface area contributed by atoms with Crippen LogP contribution in [0.2, 0.25) is 5.02 Å². The number of methoxy groups -OCH3 is 2. The van der Waals surface area contributed by atoms with Crippen LogP contribution in [0.4, 0.5) is 0 Å². The molecule has 0 aliphatic carbocycles. The Labute approximate surface area is 184 Å². The zero-order valence-electron chi connectivity index (χ0n) is 18.3. The van der Waals surface area contributed by atoms with Crippen LogP contribution in [-0.4, -0.2) is 50.5 Å². The van der Waals surface area contributed by atoms with Crippen LogP contribution in [-0.2, 0) is 16.9 Å². The predicted octanol–water partition coefficient (Wildman–Crippen LogP) is 4.47. The Hall–Kier alpha value is -1.79. The van der Waals surface area contributed by atoms with E-state index in [1.54, 1.807) is 20.3 Å². The van der Waals surface area contributed by atoms with Crippen molar-refractivity contribution in [1.82, 2.24) is 4.90 Å². The van der Waals surface area contributed by atoms with E-state index in [0.29, 0.717) is 36.8 Å². The van der Waals surface area contributed by atoms with Crippen LogP contribution in [0.25, 0.3) is 0 Å². The number of hydrogen-bond donors (Lipinski definition) is 1. The second-order valence-electron chi connectivity index (χ2n) is 7.97. The molecule has 1 heterocycles. The highest BCUT2D eigenvalue weighted by atomic mass is 35.5. The van der Waals surface area contributed by atoms with Gasteiger partial charge in [0.1, 0.15) is 18.1 Å². The summed E-state index contributed by atoms with van der Waals surface area (Å²) in [5, 5.41) is 11.8. The van der Waals surface area contributed by atoms with Crippen LogP contribution in [0, 0.1) is 13.8 Å². The molecule has 5 nitrogen and oxygen atoms in total. The lowest BCUT2D eigenvalue weighted by Crippen LogP contribution is -2.42. The van der Waals surface area contributed by atoms with Crippen molar-refractivity contribution in [2.75, 3.05) is 40.5 Å². The molecular formula is C24H32ClNO4. The van der Waals surface area contributed by atoms with Gasteiger partial charge in [0.25, 0.3) is 0 Å². The highest BCUT2D eigenvalue weighted by Gasteiger charge is 2.34.